The van der Waals surface area contributed by atoms with Crippen LogP contribution in [0.15, 0.2) is 22.8 Å². The Balaban J connectivity index is 1.55. The fourth-order valence-corrected chi connectivity index (χ4v) is 3.32. The van der Waals surface area contributed by atoms with E-state index in [1.165, 1.54) is 0 Å². The third kappa shape index (κ3) is 3.38. The number of carbonyl (C=O) groups excluding carboxylic acids is 3. The number of hydrogen-bond acceptors (Lipinski definition) is 4. The Morgan fingerprint density at radius 3 is 2.61 bits per heavy atom. The standard InChI is InChI=1S/C16H21N3O4/c17-15(21)11-3-5-18(6-4-11)16(22)12-8-14(20)19(9-12)10-13-2-1-7-23-13/h1-2,7,11-12H,3-6,8-10H2,(H2,17,21). The van der Waals surface area contributed by atoms with E-state index >= 15 is 0 Å². The molecular formula is C16H21N3O4. The molecular weight excluding hydrogens is 298 g/mol. The summed E-state index contributed by atoms with van der Waals surface area (Å²) in [5.41, 5.74) is 5.31. The fraction of sp³-hybridized carbons (Fsp3) is 0.562. The Morgan fingerprint density at radius 1 is 1.26 bits per heavy atom. The summed E-state index contributed by atoms with van der Waals surface area (Å²) < 4.78 is 5.26. The number of nitrogens with two attached hydrogens (primary N) is 1. The van der Waals surface area contributed by atoms with Crippen LogP contribution in [0.5, 0.6) is 0 Å². The van der Waals surface area contributed by atoms with Crippen LogP contribution in [-0.2, 0) is 20.9 Å². The van der Waals surface area contributed by atoms with Gasteiger partial charge in [-0.1, -0.05) is 0 Å². The zero-order chi connectivity index (χ0) is 16.4. The topological polar surface area (TPSA) is 96.8 Å². The van der Waals surface area contributed by atoms with Crippen molar-refractivity contribution in [2.24, 2.45) is 17.6 Å². The van der Waals surface area contributed by atoms with Crippen LogP contribution in [0.1, 0.15) is 25.0 Å². The molecule has 0 saturated carbocycles. The molecule has 7 heteroatoms. The van der Waals surface area contributed by atoms with E-state index in [1.807, 2.05) is 6.07 Å². The van der Waals surface area contributed by atoms with Gasteiger partial charge < -0.3 is 20.0 Å². The molecule has 23 heavy (non-hydrogen) atoms. The summed E-state index contributed by atoms with van der Waals surface area (Å²) >= 11 is 0. The average Bonchev–Trinajstić information content (AvgIpc) is 3.17. The van der Waals surface area contributed by atoms with Crippen LogP contribution in [-0.4, -0.2) is 47.2 Å². The molecule has 1 unspecified atom stereocenters. The minimum absolute atomic E-state index is 0.00298. The summed E-state index contributed by atoms with van der Waals surface area (Å²) in [6.45, 7) is 1.90. The zero-order valence-corrected chi connectivity index (χ0v) is 12.9. The largest absolute Gasteiger partial charge is 0.467 e. The van der Waals surface area contributed by atoms with Crippen molar-refractivity contribution in [3.05, 3.63) is 24.2 Å². The van der Waals surface area contributed by atoms with Gasteiger partial charge in [0.15, 0.2) is 0 Å². The van der Waals surface area contributed by atoms with Gasteiger partial charge in [0.1, 0.15) is 5.76 Å². The molecule has 7 nitrogen and oxygen atoms in total. The molecule has 0 aliphatic carbocycles. The third-order valence-corrected chi connectivity index (χ3v) is 4.70. The van der Waals surface area contributed by atoms with Gasteiger partial charge in [0, 0.05) is 32.0 Å². The Bertz CT molecular complexity index is 590. The van der Waals surface area contributed by atoms with Gasteiger partial charge in [-0.2, -0.15) is 0 Å². The molecule has 124 valence electrons. The third-order valence-electron chi connectivity index (χ3n) is 4.70. The Labute approximate surface area is 134 Å². The lowest BCUT2D eigenvalue weighted by Gasteiger charge is -2.32. The monoisotopic (exact) mass is 319 g/mol. The summed E-state index contributed by atoms with van der Waals surface area (Å²) in [5.74, 6) is -0.0382. The van der Waals surface area contributed by atoms with Crippen LogP contribution in [0, 0.1) is 11.8 Å². The van der Waals surface area contributed by atoms with E-state index in [1.54, 1.807) is 22.1 Å². The first-order chi connectivity index (χ1) is 11.0. The second kappa shape index (κ2) is 6.44. The van der Waals surface area contributed by atoms with Crippen LogP contribution in [0.2, 0.25) is 0 Å². The molecule has 0 aromatic carbocycles. The molecule has 1 aromatic rings. The Hall–Kier alpha value is -2.31. The number of likely N-dealkylation sites (tertiary alicyclic amines) is 2. The first kappa shape index (κ1) is 15.6. The van der Waals surface area contributed by atoms with Gasteiger partial charge in [-0.05, 0) is 25.0 Å². The maximum absolute atomic E-state index is 12.6. The number of hydrogen-bond donors (Lipinski definition) is 1. The molecule has 3 amide bonds. The van der Waals surface area contributed by atoms with Gasteiger partial charge in [-0.3, -0.25) is 14.4 Å². The molecule has 2 fully saturated rings. The van der Waals surface area contributed by atoms with Gasteiger partial charge in [-0.25, -0.2) is 0 Å². The van der Waals surface area contributed by atoms with Crippen LogP contribution in [0.4, 0.5) is 0 Å². The quantitative estimate of drug-likeness (QED) is 0.866. The minimum Gasteiger partial charge on any atom is -0.467 e. The van der Waals surface area contributed by atoms with Crippen molar-refractivity contribution in [2.45, 2.75) is 25.8 Å². The van der Waals surface area contributed by atoms with Crippen LogP contribution >= 0.6 is 0 Å². The molecule has 2 aliphatic heterocycles. The highest BCUT2D eigenvalue weighted by Gasteiger charge is 2.38. The molecule has 3 rings (SSSR count). The van der Waals surface area contributed by atoms with E-state index in [9.17, 15) is 14.4 Å². The van der Waals surface area contributed by atoms with Crippen molar-refractivity contribution >= 4 is 17.7 Å². The highest BCUT2D eigenvalue weighted by molar-refractivity contribution is 5.89. The molecule has 2 aliphatic rings. The van der Waals surface area contributed by atoms with Crippen molar-refractivity contribution in [3.8, 4) is 0 Å². The van der Waals surface area contributed by atoms with Crippen molar-refractivity contribution in [3.63, 3.8) is 0 Å². The lowest BCUT2D eigenvalue weighted by Crippen LogP contribution is -2.44. The van der Waals surface area contributed by atoms with Gasteiger partial charge in [0.25, 0.3) is 0 Å². The number of amides is 3. The predicted octanol–water partition coefficient (Wildman–Crippen LogP) is 0.352. The van der Waals surface area contributed by atoms with Crippen LogP contribution in [0.25, 0.3) is 0 Å². The summed E-state index contributed by atoms with van der Waals surface area (Å²) in [5, 5.41) is 0. The van der Waals surface area contributed by atoms with E-state index < -0.39 is 0 Å². The smallest absolute Gasteiger partial charge is 0.227 e. The summed E-state index contributed by atoms with van der Waals surface area (Å²) in [6, 6.07) is 3.60. The minimum atomic E-state index is -0.303. The normalized spacial score (nSPS) is 22.6. The molecule has 2 N–H and O–H groups in total. The maximum Gasteiger partial charge on any atom is 0.227 e. The number of rotatable bonds is 4. The van der Waals surface area contributed by atoms with Crippen molar-refractivity contribution in [1.29, 1.82) is 0 Å². The molecule has 2 saturated heterocycles. The van der Waals surface area contributed by atoms with Gasteiger partial charge in [-0.15, -0.1) is 0 Å². The van der Waals surface area contributed by atoms with Crippen molar-refractivity contribution in [1.82, 2.24) is 9.80 Å². The van der Waals surface area contributed by atoms with Crippen LogP contribution < -0.4 is 5.73 Å². The SMILES string of the molecule is NC(=O)C1CCN(C(=O)C2CC(=O)N(Cc3ccco3)C2)CC1. The highest BCUT2D eigenvalue weighted by Crippen LogP contribution is 2.25. The van der Waals surface area contributed by atoms with E-state index in [-0.39, 0.29) is 36.0 Å². The van der Waals surface area contributed by atoms with Crippen molar-refractivity contribution in [2.75, 3.05) is 19.6 Å². The molecule has 0 spiro atoms. The lowest BCUT2D eigenvalue weighted by atomic mass is 9.95. The fourth-order valence-electron chi connectivity index (χ4n) is 3.32. The first-order valence-corrected chi connectivity index (χ1v) is 7.93. The van der Waals surface area contributed by atoms with E-state index in [2.05, 4.69) is 0 Å². The number of furan rings is 1. The number of piperidine rings is 1. The van der Waals surface area contributed by atoms with Gasteiger partial charge >= 0.3 is 0 Å². The average molecular weight is 319 g/mol. The maximum atomic E-state index is 12.6. The summed E-state index contributed by atoms with van der Waals surface area (Å²) in [7, 11) is 0. The second-order valence-electron chi connectivity index (χ2n) is 6.26. The number of nitrogens with zero attached hydrogens (tertiary/aromatic N) is 2. The highest BCUT2D eigenvalue weighted by atomic mass is 16.3. The Morgan fingerprint density at radius 2 is 2.00 bits per heavy atom. The van der Waals surface area contributed by atoms with Crippen molar-refractivity contribution < 1.29 is 18.8 Å². The molecule has 0 bridgehead atoms. The van der Waals surface area contributed by atoms with Gasteiger partial charge in [0.2, 0.25) is 17.7 Å². The van der Waals surface area contributed by atoms with E-state index in [0.29, 0.717) is 44.8 Å². The molecule has 3 heterocycles. The van der Waals surface area contributed by atoms with E-state index in [0.717, 1.165) is 0 Å². The number of primary amides is 1. The van der Waals surface area contributed by atoms with Gasteiger partial charge in [0.05, 0.1) is 18.7 Å². The number of carbonyl (C=O) groups is 3. The summed E-state index contributed by atoms with van der Waals surface area (Å²) in [6.07, 6.45) is 3.03. The summed E-state index contributed by atoms with van der Waals surface area (Å²) in [4.78, 5) is 39.3. The van der Waals surface area contributed by atoms with E-state index in [4.69, 9.17) is 10.2 Å². The van der Waals surface area contributed by atoms with Crippen LogP contribution in [0.3, 0.4) is 0 Å². The zero-order valence-electron chi connectivity index (χ0n) is 12.9. The molecule has 1 aromatic heterocycles. The molecule has 0 radical (unpaired) electrons. The predicted molar refractivity (Wildman–Crippen MR) is 80.7 cm³/mol. The molecule has 1 atom stereocenters. The first-order valence-electron chi connectivity index (χ1n) is 7.93. The Kier molecular flexibility index (Phi) is 4.36. The second-order valence-corrected chi connectivity index (χ2v) is 6.26. The lowest BCUT2D eigenvalue weighted by molar-refractivity contribution is -0.138.